The van der Waals surface area contributed by atoms with E-state index in [4.69, 9.17) is 9.84 Å². The van der Waals surface area contributed by atoms with E-state index >= 15 is 0 Å². The number of ether oxygens (including phenoxy) is 1. The average molecular weight is 498 g/mol. The highest BCUT2D eigenvalue weighted by Crippen LogP contribution is 2.45. The number of amides is 1. The second kappa shape index (κ2) is 11.7. The largest absolute Gasteiger partial charge is 0.479 e. The number of aromatic nitrogens is 1. The topological polar surface area (TPSA) is 91.8 Å². The number of carbonyl (C=O) groups excluding carboxylic acids is 1. The van der Waals surface area contributed by atoms with Gasteiger partial charge in [0.05, 0.1) is 0 Å². The molecule has 5 unspecified atom stereocenters. The molecule has 2 heterocycles. The lowest BCUT2D eigenvalue weighted by atomic mass is 9.75. The predicted octanol–water partition coefficient (Wildman–Crippen LogP) is 5.02. The molecular formula is C29H43N3O4. The van der Waals surface area contributed by atoms with E-state index in [0.29, 0.717) is 23.8 Å². The van der Waals surface area contributed by atoms with Crippen molar-refractivity contribution in [2.45, 2.75) is 85.2 Å². The molecule has 0 bridgehead atoms. The number of nitrogens with zero attached hydrogens (tertiary/aromatic N) is 2. The summed E-state index contributed by atoms with van der Waals surface area (Å²) in [6, 6.07) is 4.18. The van der Waals surface area contributed by atoms with E-state index in [1.165, 1.54) is 37.0 Å². The lowest BCUT2D eigenvalue weighted by Crippen LogP contribution is -2.43. The SMILES string of the molecule is CC1=C(C)N(Cc2ccnc(OCC(=O)O)c2)C2CCC(C(=O)NCC3CCCC(C(C)C)C3)CC12. The standard InChI is InChI=1S/C29H43N3O4/c1-18(2)23-7-5-6-21(12-23)15-31-29(35)24-8-9-26-25(14-24)19(3)20(4)32(26)16-22-10-11-30-27(13-22)36-17-28(33)34/h10-11,13,18,21,23-26H,5-9,12,14-17H2,1-4H3,(H,31,35)(H,33,34). The summed E-state index contributed by atoms with van der Waals surface area (Å²) in [6.45, 7) is 10.2. The average Bonchev–Trinajstić information content (AvgIpc) is 3.10. The fourth-order valence-corrected chi connectivity index (χ4v) is 6.68. The summed E-state index contributed by atoms with van der Waals surface area (Å²) in [5.74, 6) is 2.23. The first-order valence-electron chi connectivity index (χ1n) is 13.7. The quantitative estimate of drug-likeness (QED) is 0.498. The normalized spacial score (nSPS) is 28.2. The van der Waals surface area contributed by atoms with Gasteiger partial charge in [0.25, 0.3) is 0 Å². The van der Waals surface area contributed by atoms with Gasteiger partial charge < -0.3 is 20.1 Å². The molecule has 0 saturated heterocycles. The van der Waals surface area contributed by atoms with Crippen LogP contribution in [0.15, 0.2) is 29.6 Å². The number of pyridine rings is 1. The molecule has 7 nitrogen and oxygen atoms in total. The summed E-state index contributed by atoms with van der Waals surface area (Å²) in [5.41, 5.74) is 3.73. The summed E-state index contributed by atoms with van der Waals surface area (Å²) in [6.07, 6.45) is 9.64. The third-order valence-corrected chi connectivity index (χ3v) is 8.97. The lowest BCUT2D eigenvalue weighted by Gasteiger charge is -2.38. The van der Waals surface area contributed by atoms with Crippen molar-refractivity contribution in [1.29, 1.82) is 0 Å². The van der Waals surface area contributed by atoms with Crippen molar-refractivity contribution >= 4 is 11.9 Å². The van der Waals surface area contributed by atoms with Crippen LogP contribution in [-0.4, -0.2) is 46.1 Å². The van der Waals surface area contributed by atoms with E-state index in [1.807, 2.05) is 12.1 Å². The Morgan fingerprint density at radius 3 is 2.75 bits per heavy atom. The number of aliphatic carboxylic acids is 1. The number of hydrogen-bond donors (Lipinski definition) is 2. The van der Waals surface area contributed by atoms with E-state index in [1.54, 1.807) is 6.20 Å². The van der Waals surface area contributed by atoms with Gasteiger partial charge >= 0.3 is 5.97 Å². The van der Waals surface area contributed by atoms with E-state index in [-0.39, 0.29) is 11.8 Å². The molecule has 0 radical (unpaired) electrons. The number of fused-ring (bicyclic) bond motifs is 1. The first-order valence-corrected chi connectivity index (χ1v) is 13.7. The molecule has 5 atom stereocenters. The zero-order valence-corrected chi connectivity index (χ0v) is 22.3. The molecule has 2 saturated carbocycles. The minimum atomic E-state index is -1.02. The van der Waals surface area contributed by atoms with Crippen LogP contribution in [0.25, 0.3) is 0 Å². The Bertz CT molecular complexity index is 975. The molecule has 2 fully saturated rings. The zero-order valence-electron chi connectivity index (χ0n) is 22.3. The van der Waals surface area contributed by atoms with Gasteiger partial charge in [0, 0.05) is 48.9 Å². The number of carboxylic acid groups (broad SMARTS) is 1. The fraction of sp³-hybridized carbons (Fsp3) is 0.690. The number of carboxylic acids is 1. The van der Waals surface area contributed by atoms with Gasteiger partial charge in [0.1, 0.15) is 0 Å². The maximum absolute atomic E-state index is 13.1. The Hall–Kier alpha value is -2.57. The van der Waals surface area contributed by atoms with Crippen molar-refractivity contribution in [3.63, 3.8) is 0 Å². The highest BCUT2D eigenvalue weighted by Gasteiger charge is 2.42. The molecule has 1 amide bonds. The second-order valence-electron chi connectivity index (χ2n) is 11.5. The number of nitrogens with one attached hydrogen (secondary N) is 1. The van der Waals surface area contributed by atoms with E-state index in [9.17, 15) is 9.59 Å². The molecule has 0 spiro atoms. The highest BCUT2D eigenvalue weighted by atomic mass is 16.5. The zero-order chi connectivity index (χ0) is 25.8. The van der Waals surface area contributed by atoms with Gasteiger partial charge in [0.15, 0.2) is 6.61 Å². The molecule has 4 rings (SSSR count). The molecule has 3 aliphatic rings. The summed E-state index contributed by atoms with van der Waals surface area (Å²) in [4.78, 5) is 30.6. The van der Waals surface area contributed by atoms with Gasteiger partial charge in [-0.25, -0.2) is 9.78 Å². The lowest BCUT2D eigenvalue weighted by molar-refractivity contribution is -0.139. The molecule has 0 aromatic carbocycles. The van der Waals surface area contributed by atoms with Crippen LogP contribution in [0.4, 0.5) is 0 Å². The van der Waals surface area contributed by atoms with Crippen LogP contribution in [0.2, 0.25) is 0 Å². The Morgan fingerprint density at radius 1 is 1.19 bits per heavy atom. The maximum Gasteiger partial charge on any atom is 0.341 e. The molecule has 7 heteroatoms. The van der Waals surface area contributed by atoms with Gasteiger partial charge in [-0.2, -0.15) is 0 Å². The fourth-order valence-electron chi connectivity index (χ4n) is 6.68. The van der Waals surface area contributed by atoms with Crippen LogP contribution in [0.3, 0.4) is 0 Å². The van der Waals surface area contributed by atoms with Crippen LogP contribution < -0.4 is 10.1 Å². The predicted molar refractivity (Wildman–Crippen MR) is 139 cm³/mol. The van der Waals surface area contributed by atoms with Crippen molar-refractivity contribution in [1.82, 2.24) is 15.2 Å². The summed E-state index contributed by atoms with van der Waals surface area (Å²) < 4.78 is 5.27. The summed E-state index contributed by atoms with van der Waals surface area (Å²) in [5, 5.41) is 12.2. The van der Waals surface area contributed by atoms with E-state index in [2.05, 4.69) is 42.9 Å². The van der Waals surface area contributed by atoms with Crippen molar-refractivity contribution in [2.75, 3.05) is 13.2 Å². The van der Waals surface area contributed by atoms with Gasteiger partial charge in [-0.05, 0) is 80.9 Å². The Balaban J connectivity index is 1.32. The Labute approximate surface area is 215 Å². The van der Waals surface area contributed by atoms with Crippen molar-refractivity contribution in [2.24, 2.45) is 29.6 Å². The van der Waals surface area contributed by atoms with E-state index in [0.717, 1.165) is 49.8 Å². The first-order chi connectivity index (χ1) is 17.2. The smallest absolute Gasteiger partial charge is 0.341 e. The monoisotopic (exact) mass is 497 g/mol. The summed E-state index contributed by atoms with van der Waals surface area (Å²) in [7, 11) is 0. The van der Waals surface area contributed by atoms with Crippen molar-refractivity contribution in [3.05, 3.63) is 35.2 Å². The van der Waals surface area contributed by atoms with Gasteiger partial charge in [-0.15, -0.1) is 0 Å². The van der Waals surface area contributed by atoms with Gasteiger partial charge in [-0.3, -0.25) is 4.79 Å². The van der Waals surface area contributed by atoms with Crippen LogP contribution in [-0.2, 0) is 16.1 Å². The van der Waals surface area contributed by atoms with Crippen LogP contribution >= 0.6 is 0 Å². The number of hydrogen-bond acceptors (Lipinski definition) is 5. The Kier molecular flexibility index (Phi) is 8.58. The summed E-state index contributed by atoms with van der Waals surface area (Å²) >= 11 is 0. The molecule has 2 aliphatic carbocycles. The van der Waals surface area contributed by atoms with Crippen molar-refractivity contribution < 1.29 is 19.4 Å². The van der Waals surface area contributed by atoms with Gasteiger partial charge in [0.2, 0.25) is 11.8 Å². The number of rotatable bonds is 9. The number of allylic oxidation sites excluding steroid dienone is 1. The molecule has 2 N–H and O–H groups in total. The first kappa shape index (κ1) is 26.5. The number of carbonyl (C=O) groups is 2. The van der Waals surface area contributed by atoms with Crippen molar-refractivity contribution in [3.8, 4) is 5.88 Å². The molecule has 198 valence electrons. The highest BCUT2D eigenvalue weighted by molar-refractivity contribution is 5.78. The van der Waals surface area contributed by atoms with Crippen LogP contribution in [0.5, 0.6) is 5.88 Å². The molecule has 1 aromatic heterocycles. The third-order valence-electron chi connectivity index (χ3n) is 8.97. The Morgan fingerprint density at radius 2 is 2.00 bits per heavy atom. The minimum Gasteiger partial charge on any atom is -0.479 e. The van der Waals surface area contributed by atoms with Crippen LogP contribution in [0.1, 0.15) is 78.2 Å². The van der Waals surface area contributed by atoms with E-state index < -0.39 is 12.6 Å². The molecule has 36 heavy (non-hydrogen) atoms. The second-order valence-corrected chi connectivity index (χ2v) is 11.5. The molecular weight excluding hydrogens is 454 g/mol. The minimum absolute atomic E-state index is 0.0929. The molecule has 1 aromatic rings. The van der Waals surface area contributed by atoms with Crippen LogP contribution in [0, 0.1) is 29.6 Å². The third kappa shape index (κ3) is 6.22. The molecule has 1 aliphatic heterocycles. The van der Waals surface area contributed by atoms with Gasteiger partial charge in [-0.1, -0.05) is 26.7 Å². The maximum atomic E-state index is 13.1.